The van der Waals surface area contributed by atoms with Crippen LogP contribution in [-0.4, -0.2) is 39.5 Å². The number of aromatic carboxylic acids is 1. The van der Waals surface area contributed by atoms with Crippen LogP contribution < -0.4 is 0 Å². The topological polar surface area (TPSA) is 72.3 Å². The fourth-order valence-electron chi connectivity index (χ4n) is 2.28. The second kappa shape index (κ2) is 5.67. The minimum Gasteiger partial charge on any atom is -0.477 e. The zero-order chi connectivity index (χ0) is 14.1. The van der Waals surface area contributed by atoms with Crippen molar-refractivity contribution >= 4 is 39.3 Å². The van der Waals surface area contributed by atoms with E-state index >= 15 is 0 Å². The third-order valence-electron chi connectivity index (χ3n) is 3.33. The molecule has 0 aliphatic carbocycles. The Morgan fingerprint density at radius 1 is 1.45 bits per heavy atom. The van der Waals surface area contributed by atoms with E-state index in [1.54, 1.807) is 11.8 Å². The van der Waals surface area contributed by atoms with E-state index in [2.05, 4.69) is 9.97 Å². The van der Waals surface area contributed by atoms with Crippen LogP contribution in [0.5, 0.6) is 0 Å². The third kappa shape index (κ3) is 2.53. The van der Waals surface area contributed by atoms with Gasteiger partial charge in [0.15, 0.2) is 0 Å². The van der Waals surface area contributed by atoms with Gasteiger partial charge in [0.2, 0.25) is 0 Å². The molecule has 0 spiro atoms. The minimum absolute atomic E-state index is 0.356. The molecule has 0 bridgehead atoms. The number of carboxylic acids is 1. The summed E-state index contributed by atoms with van der Waals surface area (Å²) in [7, 11) is 0. The largest absolute Gasteiger partial charge is 0.477 e. The minimum atomic E-state index is -0.896. The van der Waals surface area contributed by atoms with E-state index < -0.39 is 5.97 Å². The highest BCUT2D eigenvalue weighted by Gasteiger charge is 2.22. The summed E-state index contributed by atoms with van der Waals surface area (Å²) >= 11 is 2.94. The first-order chi connectivity index (χ1) is 9.66. The summed E-state index contributed by atoms with van der Waals surface area (Å²) in [5, 5.41) is 11.5. The molecule has 0 amide bonds. The van der Waals surface area contributed by atoms with Gasteiger partial charge in [0.05, 0.1) is 0 Å². The van der Waals surface area contributed by atoms with Gasteiger partial charge in [-0.05, 0) is 25.3 Å². The van der Waals surface area contributed by atoms with E-state index in [1.807, 2.05) is 6.92 Å². The van der Waals surface area contributed by atoms with E-state index in [4.69, 9.17) is 4.74 Å². The van der Waals surface area contributed by atoms with Gasteiger partial charge < -0.3 is 9.84 Å². The summed E-state index contributed by atoms with van der Waals surface area (Å²) in [6, 6.07) is 0. The molecule has 0 radical (unpaired) electrons. The number of carboxylic acid groups (broad SMARTS) is 1. The number of thioether (sulfide) groups is 1. The first-order valence-corrected chi connectivity index (χ1v) is 8.08. The highest BCUT2D eigenvalue weighted by molar-refractivity contribution is 8.00. The molecule has 1 fully saturated rings. The number of hydrogen-bond donors (Lipinski definition) is 1. The van der Waals surface area contributed by atoms with Crippen LogP contribution in [0.25, 0.3) is 10.2 Å². The van der Waals surface area contributed by atoms with E-state index in [0.29, 0.717) is 10.1 Å². The molecule has 1 aliphatic heterocycles. The van der Waals surface area contributed by atoms with Crippen molar-refractivity contribution in [1.82, 2.24) is 9.97 Å². The van der Waals surface area contributed by atoms with Crippen molar-refractivity contribution < 1.29 is 14.6 Å². The molecule has 5 nitrogen and oxygen atoms in total. The molecule has 106 valence electrons. The molecule has 1 saturated heterocycles. The summed E-state index contributed by atoms with van der Waals surface area (Å²) in [4.78, 5) is 20.9. The summed E-state index contributed by atoms with van der Waals surface area (Å²) in [5.41, 5.74) is 0.771. The fraction of sp³-hybridized carbons (Fsp3) is 0.462. The van der Waals surface area contributed by atoms with Gasteiger partial charge in [0.25, 0.3) is 0 Å². The molecule has 0 saturated carbocycles. The monoisotopic (exact) mass is 310 g/mol. The zero-order valence-corrected chi connectivity index (χ0v) is 12.6. The molecule has 2 aromatic rings. The second-order valence-electron chi connectivity index (χ2n) is 4.65. The molecule has 3 rings (SSSR count). The summed E-state index contributed by atoms with van der Waals surface area (Å²) in [5.74, 6) is -0.896. The van der Waals surface area contributed by atoms with Gasteiger partial charge in [0, 0.05) is 23.8 Å². The van der Waals surface area contributed by atoms with Gasteiger partial charge in [-0.1, -0.05) is 0 Å². The van der Waals surface area contributed by atoms with Crippen LogP contribution in [0.15, 0.2) is 11.4 Å². The van der Waals surface area contributed by atoms with Crippen LogP contribution in [0.4, 0.5) is 0 Å². The van der Waals surface area contributed by atoms with Crippen molar-refractivity contribution in [2.75, 3.05) is 13.2 Å². The molecule has 7 heteroatoms. The highest BCUT2D eigenvalue weighted by Crippen LogP contribution is 2.38. The van der Waals surface area contributed by atoms with Gasteiger partial charge in [-0.2, -0.15) is 0 Å². The molecule has 20 heavy (non-hydrogen) atoms. The lowest BCUT2D eigenvalue weighted by Crippen LogP contribution is -2.17. The maximum absolute atomic E-state index is 11.2. The summed E-state index contributed by atoms with van der Waals surface area (Å²) < 4.78 is 5.36. The first-order valence-electron chi connectivity index (χ1n) is 6.38. The number of aromatic nitrogens is 2. The van der Waals surface area contributed by atoms with E-state index in [0.717, 1.165) is 46.9 Å². The molecule has 0 unspecified atom stereocenters. The van der Waals surface area contributed by atoms with Crippen LogP contribution in [-0.2, 0) is 4.74 Å². The maximum atomic E-state index is 11.2. The Hall–Kier alpha value is -1.18. The van der Waals surface area contributed by atoms with Crippen molar-refractivity contribution in [3.63, 3.8) is 0 Å². The summed E-state index contributed by atoms with van der Waals surface area (Å²) in [6.07, 6.45) is 3.53. The normalized spacial score (nSPS) is 16.6. The number of ether oxygens (including phenoxy) is 1. The van der Waals surface area contributed by atoms with Crippen LogP contribution in [0.1, 0.15) is 28.1 Å². The van der Waals surface area contributed by atoms with Crippen molar-refractivity contribution in [2.45, 2.75) is 30.0 Å². The van der Waals surface area contributed by atoms with E-state index in [9.17, 15) is 9.90 Å². The number of hydrogen-bond acceptors (Lipinski definition) is 6. The predicted molar refractivity (Wildman–Crippen MR) is 78.8 cm³/mol. The predicted octanol–water partition coefficient (Wildman–Crippen LogP) is 2.97. The molecule has 0 aromatic carbocycles. The molecular weight excluding hydrogens is 296 g/mol. The van der Waals surface area contributed by atoms with Crippen LogP contribution in [0.3, 0.4) is 0 Å². The Kier molecular flexibility index (Phi) is 3.91. The van der Waals surface area contributed by atoms with Gasteiger partial charge in [-0.15, -0.1) is 23.1 Å². The zero-order valence-electron chi connectivity index (χ0n) is 11.0. The molecule has 0 atom stereocenters. The average Bonchev–Trinajstić information content (AvgIpc) is 2.79. The fourth-order valence-corrected chi connectivity index (χ4v) is 4.56. The Morgan fingerprint density at radius 3 is 2.90 bits per heavy atom. The van der Waals surface area contributed by atoms with Gasteiger partial charge in [0.1, 0.15) is 21.1 Å². The molecular formula is C13H14N2O3S2. The quantitative estimate of drug-likeness (QED) is 0.879. The second-order valence-corrected chi connectivity index (χ2v) is 6.94. The van der Waals surface area contributed by atoms with Crippen molar-refractivity contribution in [1.29, 1.82) is 0 Å². The van der Waals surface area contributed by atoms with Gasteiger partial charge in [-0.25, -0.2) is 14.8 Å². The SMILES string of the molecule is Cc1c(C(=O)O)sc2ncnc(SC3CCOCC3)c12. The van der Waals surface area contributed by atoms with Crippen LogP contribution in [0.2, 0.25) is 0 Å². The third-order valence-corrected chi connectivity index (χ3v) is 5.86. The number of thiophene rings is 1. The Balaban J connectivity index is 1.99. The van der Waals surface area contributed by atoms with Gasteiger partial charge in [-0.3, -0.25) is 0 Å². The number of aryl methyl sites for hydroxylation is 1. The number of nitrogens with zero attached hydrogens (tertiary/aromatic N) is 2. The Morgan fingerprint density at radius 2 is 2.20 bits per heavy atom. The standard InChI is InChI=1S/C13H14N2O3S2/c1-7-9-11(19-8-2-4-18-5-3-8)14-6-15-12(9)20-10(7)13(16)17/h6,8H,2-5H2,1H3,(H,16,17). The average molecular weight is 310 g/mol. The Bertz CT molecular complexity index is 650. The molecule has 2 aromatic heterocycles. The van der Waals surface area contributed by atoms with Crippen molar-refractivity contribution in [2.24, 2.45) is 0 Å². The molecule has 3 heterocycles. The van der Waals surface area contributed by atoms with Crippen molar-refractivity contribution in [3.8, 4) is 0 Å². The van der Waals surface area contributed by atoms with Crippen LogP contribution >= 0.6 is 23.1 Å². The number of rotatable bonds is 3. The van der Waals surface area contributed by atoms with Crippen molar-refractivity contribution in [3.05, 3.63) is 16.8 Å². The number of carbonyl (C=O) groups is 1. The van der Waals surface area contributed by atoms with Crippen LogP contribution in [0, 0.1) is 6.92 Å². The summed E-state index contributed by atoms with van der Waals surface area (Å²) in [6.45, 7) is 3.41. The Labute approximate surface area is 124 Å². The smallest absolute Gasteiger partial charge is 0.346 e. The highest BCUT2D eigenvalue weighted by atomic mass is 32.2. The maximum Gasteiger partial charge on any atom is 0.346 e. The lowest BCUT2D eigenvalue weighted by molar-refractivity contribution is 0.0701. The first kappa shape index (κ1) is 13.8. The molecule has 1 aliphatic rings. The lowest BCUT2D eigenvalue weighted by Gasteiger charge is -2.21. The number of fused-ring (bicyclic) bond motifs is 1. The lowest BCUT2D eigenvalue weighted by atomic mass is 10.2. The van der Waals surface area contributed by atoms with E-state index in [-0.39, 0.29) is 0 Å². The van der Waals surface area contributed by atoms with E-state index in [1.165, 1.54) is 17.7 Å². The van der Waals surface area contributed by atoms with Gasteiger partial charge >= 0.3 is 5.97 Å². The molecule has 1 N–H and O–H groups in total.